The van der Waals surface area contributed by atoms with Gasteiger partial charge in [-0.3, -0.25) is 14.5 Å². The quantitative estimate of drug-likeness (QED) is 0.397. The Hall–Kier alpha value is -3.77. The third-order valence-electron chi connectivity index (χ3n) is 5.91. The minimum Gasteiger partial charge on any atom is -0.348 e. The maximum Gasteiger partial charge on any atom is 0.258 e. The Bertz CT molecular complexity index is 1290. The molecular formula is C28H30N4O2. The van der Waals surface area contributed by atoms with Crippen molar-refractivity contribution >= 4 is 16.8 Å². The molecule has 2 N–H and O–H groups in total. The molecule has 0 aliphatic heterocycles. The molecule has 1 aromatic heterocycles. The highest BCUT2D eigenvalue weighted by Crippen LogP contribution is 2.19. The Morgan fingerprint density at radius 1 is 0.941 bits per heavy atom. The molecule has 34 heavy (non-hydrogen) atoms. The SMILES string of the molecule is CC(C)N(CC(=O)NC(Cc1ccccc1)c1ccccc1)Cc1nc2ccccc2c(=O)[nH]1. The van der Waals surface area contributed by atoms with Crippen LogP contribution < -0.4 is 10.9 Å². The number of fused-ring (bicyclic) bond motifs is 1. The first-order chi connectivity index (χ1) is 16.5. The van der Waals surface area contributed by atoms with Crippen molar-refractivity contribution in [2.24, 2.45) is 0 Å². The van der Waals surface area contributed by atoms with Gasteiger partial charge in [-0.25, -0.2) is 4.98 Å². The predicted molar refractivity (Wildman–Crippen MR) is 135 cm³/mol. The summed E-state index contributed by atoms with van der Waals surface area (Å²) in [5.41, 5.74) is 2.72. The number of hydrogen-bond donors (Lipinski definition) is 2. The molecule has 174 valence electrons. The number of para-hydroxylation sites is 1. The Balaban J connectivity index is 1.49. The van der Waals surface area contributed by atoms with Crippen molar-refractivity contribution in [2.75, 3.05) is 6.54 Å². The molecule has 0 fully saturated rings. The molecule has 1 amide bonds. The number of aromatic nitrogens is 2. The number of carbonyl (C=O) groups is 1. The lowest BCUT2D eigenvalue weighted by molar-refractivity contribution is -0.123. The Morgan fingerprint density at radius 2 is 1.59 bits per heavy atom. The van der Waals surface area contributed by atoms with E-state index in [-0.39, 0.29) is 30.1 Å². The van der Waals surface area contributed by atoms with E-state index in [4.69, 9.17) is 0 Å². The molecule has 1 unspecified atom stereocenters. The van der Waals surface area contributed by atoms with Crippen LogP contribution in [0.1, 0.15) is 36.8 Å². The van der Waals surface area contributed by atoms with E-state index >= 15 is 0 Å². The maximum absolute atomic E-state index is 13.2. The fraction of sp³-hybridized carbons (Fsp3) is 0.250. The first-order valence-corrected chi connectivity index (χ1v) is 11.6. The van der Waals surface area contributed by atoms with Crippen LogP contribution in [0, 0.1) is 0 Å². The van der Waals surface area contributed by atoms with Gasteiger partial charge < -0.3 is 10.3 Å². The number of rotatable bonds is 9. The number of nitrogens with zero attached hydrogens (tertiary/aromatic N) is 2. The van der Waals surface area contributed by atoms with Gasteiger partial charge in [-0.2, -0.15) is 0 Å². The summed E-state index contributed by atoms with van der Waals surface area (Å²) in [6, 6.07) is 27.4. The largest absolute Gasteiger partial charge is 0.348 e. The molecule has 0 aliphatic carbocycles. The highest BCUT2D eigenvalue weighted by Gasteiger charge is 2.20. The van der Waals surface area contributed by atoms with Gasteiger partial charge in [0.2, 0.25) is 5.91 Å². The van der Waals surface area contributed by atoms with Gasteiger partial charge in [-0.15, -0.1) is 0 Å². The minimum atomic E-state index is -0.166. The molecule has 0 spiro atoms. The summed E-state index contributed by atoms with van der Waals surface area (Å²) in [5.74, 6) is 0.482. The van der Waals surface area contributed by atoms with Crippen molar-refractivity contribution in [2.45, 2.75) is 38.9 Å². The predicted octanol–water partition coefficient (Wildman–Crippen LogP) is 4.23. The molecule has 0 aliphatic rings. The molecule has 0 saturated heterocycles. The molecule has 4 rings (SSSR count). The van der Waals surface area contributed by atoms with Crippen LogP contribution in [-0.4, -0.2) is 33.4 Å². The summed E-state index contributed by atoms with van der Waals surface area (Å²) in [6.45, 7) is 4.64. The lowest BCUT2D eigenvalue weighted by Gasteiger charge is -2.27. The Labute approximate surface area is 199 Å². The van der Waals surface area contributed by atoms with Crippen LogP contribution in [0.5, 0.6) is 0 Å². The van der Waals surface area contributed by atoms with E-state index in [0.717, 1.165) is 11.1 Å². The van der Waals surface area contributed by atoms with Crippen LogP contribution in [0.4, 0.5) is 0 Å². The Morgan fingerprint density at radius 3 is 2.29 bits per heavy atom. The second-order valence-electron chi connectivity index (χ2n) is 8.75. The standard InChI is InChI=1S/C28H30N4O2/c1-20(2)32(18-26-29-24-16-10-9-15-23(24)28(34)31-26)19-27(33)30-25(22-13-7-4-8-14-22)17-21-11-5-3-6-12-21/h3-16,20,25H,17-19H2,1-2H3,(H,30,33)(H,29,31,34). The Kier molecular flexibility index (Phi) is 7.50. The van der Waals surface area contributed by atoms with E-state index in [2.05, 4.69) is 27.4 Å². The smallest absolute Gasteiger partial charge is 0.258 e. The van der Waals surface area contributed by atoms with E-state index in [1.165, 1.54) is 0 Å². The molecule has 0 radical (unpaired) electrons. The van der Waals surface area contributed by atoms with Crippen LogP contribution in [0.25, 0.3) is 10.9 Å². The fourth-order valence-electron chi connectivity index (χ4n) is 4.03. The number of benzene rings is 3. The number of hydrogen-bond acceptors (Lipinski definition) is 4. The zero-order valence-electron chi connectivity index (χ0n) is 19.6. The van der Waals surface area contributed by atoms with Gasteiger partial charge >= 0.3 is 0 Å². The summed E-state index contributed by atoms with van der Waals surface area (Å²) >= 11 is 0. The van der Waals surface area contributed by atoms with Crippen molar-refractivity contribution in [1.29, 1.82) is 0 Å². The lowest BCUT2D eigenvalue weighted by Crippen LogP contribution is -2.42. The topological polar surface area (TPSA) is 78.1 Å². The van der Waals surface area contributed by atoms with E-state index in [1.807, 2.05) is 85.5 Å². The average molecular weight is 455 g/mol. The highest BCUT2D eigenvalue weighted by atomic mass is 16.2. The molecule has 4 aromatic rings. The van der Waals surface area contributed by atoms with Crippen LogP contribution in [0.15, 0.2) is 89.7 Å². The third kappa shape index (κ3) is 5.97. The van der Waals surface area contributed by atoms with Crippen molar-refractivity contribution < 1.29 is 4.79 Å². The number of H-pyrrole nitrogens is 1. The van der Waals surface area contributed by atoms with Gasteiger partial charge in [0.1, 0.15) is 5.82 Å². The molecule has 6 heteroatoms. The van der Waals surface area contributed by atoms with Crippen LogP contribution >= 0.6 is 0 Å². The first-order valence-electron chi connectivity index (χ1n) is 11.6. The molecule has 1 atom stereocenters. The highest BCUT2D eigenvalue weighted by molar-refractivity contribution is 5.79. The minimum absolute atomic E-state index is 0.0679. The molecule has 1 heterocycles. The van der Waals surface area contributed by atoms with Crippen LogP contribution in [0.3, 0.4) is 0 Å². The zero-order valence-corrected chi connectivity index (χ0v) is 19.6. The molecule has 0 saturated carbocycles. The molecule has 6 nitrogen and oxygen atoms in total. The maximum atomic E-state index is 13.2. The van der Waals surface area contributed by atoms with Gasteiger partial charge in [0.05, 0.1) is 30.0 Å². The second-order valence-corrected chi connectivity index (χ2v) is 8.75. The van der Waals surface area contributed by atoms with Crippen molar-refractivity contribution in [3.8, 4) is 0 Å². The summed E-state index contributed by atoms with van der Waals surface area (Å²) in [4.78, 5) is 35.1. The van der Waals surface area contributed by atoms with Crippen molar-refractivity contribution in [1.82, 2.24) is 20.2 Å². The fourth-order valence-corrected chi connectivity index (χ4v) is 4.03. The van der Waals surface area contributed by atoms with Crippen molar-refractivity contribution in [3.63, 3.8) is 0 Å². The lowest BCUT2D eigenvalue weighted by atomic mass is 9.99. The van der Waals surface area contributed by atoms with Crippen LogP contribution in [-0.2, 0) is 17.8 Å². The number of amides is 1. The van der Waals surface area contributed by atoms with E-state index in [1.54, 1.807) is 6.07 Å². The van der Waals surface area contributed by atoms with Gasteiger partial charge in [0.15, 0.2) is 0 Å². The van der Waals surface area contributed by atoms with Crippen LogP contribution in [0.2, 0.25) is 0 Å². The van der Waals surface area contributed by atoms with E-state index in [9.17, 15) is 9.59 Å². The monoisotopic (exact) mass is 454 g/mol. The summed E-state index contributed by atoms with van der Waals surface area (Å²) in [5, 5.41) is 3.78. The summed E-state index contributed by atoms with van der Waals surface area (Å²) in [6.07, 6.45) is 0.706. The van der Waals surface area contributed by atoms with Gasteiger partial charge in [0, 0.05) is 6.04 Å². The molecular weight excluding hydrogens is 424 g/mol. The van der Waals surface area contributed by atoms with Gasteiger partial charge in [-0.1, -0.05) is 72.8 Å². The third-order valence-corrected chi connectivity index (χ3v) is 5.91. The van der Waals surface area contributed by atoms with E-state index < -0.39 is 0 Å². The van der Waals surface area contributed by atoms with Crippen molar-refractivity contribution in [3.05, 3.63) is 112 Å². The summed E-state index contributed by atoms with van der Waals surface area (Å²) in [7, 11) is 0. The zero-order chi connectivity index (χ0) is 23.9. The second kappa shape index (κ2) is 10.9. The molecule has 3 aromatic carbocycles. The number of nitrogens with one attached hydrogen (secondary N) is 2. The normalized spacial score (nSPS) is 12.2. The summed E-state index contributed by atoms with van der Waals surface area (Å²) < 4.78 is 0. The van der Waals surface area contributed by atoms with Gasteiger partial charge in [-0.05, 0) is 43.5 Å². The van der Waals surface area contributed by atoms with E-state index in [0.29, 0.717) is 29.7 Å². The number of carbonyl (C=O) groups excluding carboxylic acids is 1. The molecule has 0 bridgehead atoms. The van der Waals surface area contributed by atoms with Gasteiger partial charge in [0.25, 0.3) is 5.56 Å². The number of aromatic amines is 1. The first kappa shape index (κ1) is 23.4. The average Bonchev–Trinajstić information content (AvgIpc) is 2.84.